The fourth-order valence-electron chi connectivity index (χ4n) is 4.19. The van der Waals surface area contributed by atoms with Gasteiger partial charge < -0.3 is 9.67 Å². The van der Waals surface area contributed by atoms with Gasteiger partial charge in [-0.25, -0.2) is 4.79 Å². The number of nitrogens with zero attached hydrogens (tertiary/aromatic N) is 5. The first-order chi connectivity index (χ1) is 16.4. The largest absolute Gasteiger partial charge is 0.463 e. The second-order valence-corrected chi connectivity index (χ2v) is 8.37. The van der Waals surface area contributed by atoms with E-state index in [0.29, 0.717) is 21.8 Å². The van der Waals surface area contributed by atoms with Gasteiger partial charge in [-0.1, -0.05) is 35.9 Å². The van der Waals surface area contributed by atoms with E-state index in [1.54, 1.807) is 34.5 Å². The third-order valence-corrected chi connectivity index (χ3v) is 6.11. The van der Waals surface area contributed by atoms with Crippen LogP contribution in [0.5, 0.6) is 0 Å². The number of hydrogen-bond donors (Lipinski definition) is 1. The quantitative estimate of drug-likeness (QED) is 0.365. The maximum absolute atomic E-state index is 11.6. The molecule has 2 aromatic heterocycles. The van der Waals surface area contributed by atoms with Gasteiger partial charge in [-0.05, 0) is 60.0 Å². The molecule has 0 aliphatic heterocycles. The zero-order chi connectivity index (χ0) is 24.0. The molecular weight excluding hydrogens is 450 g/mol. The van der Waals surface area contributed by atoms with Crippen LogP contribution < -0.4 is 5.62 Å². The molecule has 0 spiro atoms. The number of aryl methyl sites for hydroxylation is 2. The summed E-state index contributed by atoms with van der Waals surface area (Å²) in [7, 11) is 1.75. The lowest BCUT2D eigenvalue weighted by Crippen LogP contribution is -2.25. The topological polar surface area (TPSA) is 96.2 Å². The molecule has 0 aliphatic carbocycles. The number of carbonyl (C=O) groups is 1. The third kappa shape index (κ3) is 3.51. The Hall–Kier alpha value is -4.41. The number of pyridine rings is 1. The van der Waals surface area contributed by atoms with E-state index in [0.717, 1.165) is 33.1 Å². The molecule has 5 aromatic rings. The van der Waals surface area contributed by atoms with Crippen LogP contribution in [0.4, 0.5) is 4.79 Å². The van der Waals surface area contributed by atoms with Crippen molar-refractivity contribution < 1.29 is 9.90 Å². The van der Waals surface area contributed by atoms with E-state index in [9.17, 15) is 15.2 Å². The second kappa shape index (κ2) is 8.18. The zero-order valence-corrected chi connectivity index (χ0v) is 19.1. The summed E-state index contributed by atoms with van der Waals surface area (Å²) in [4.78, 5) is 20.1. The van der Waals surface area contributed by atoms with E-state index < -0.39 is 6.09 Å². The van der Waals surface area contributed by atoms with Gasteiger partial charge in [0.05, 0.1) is 40.1 Å². The number of rotatable bonds is 2. The van der Waals surface area contributed by atoms with Crippen LogP contribution in [-0.2, 0) is 7.05 Å². The van der Waals surface area contributed by atoms with Crippen LogP contribution >= 0.6 is 11.6 Å². The monoisotopic (exact) mass is 467 g/mol. The van der Waals surface area contributed by atoms with Crippen LogP contribution in [0.2, 0.25) is 5.02 Å². The number of nitriles is 1. The van der Waals surface area contributed by atoms with E-state index in [1.165, 1.54) is 0 Å². The average molecular weight is 468 g/mol. The molecule has 0 aliphatic rings. The molecule has 1 N–H and O–H groups in total. The Balaban J connectivity index is 1.96. The normalized spacial score (nSPS) is 11.8. The van der Waals surface area contributed by atoms with Crippen LogP contribution in [-0.4, -0.2) is 25.3 Å². The Labute approximate surface area is 199 Å². The molecule has 2 heterocycles. The van der Waals surface area contributed by atoms with Crippen molar-refractivity contribution in [2.75, 3.05) is 0 Å². The summed E-state index contributed by atoms with van der Waals surface area (Å²) in [6.45, 7) is 1.91. The molecule has 3 aromatic carbocycles. The number of fused-ring (bicyclic) bond motifs is 3. The van der Waals surface area contributed by atoms with E-state index in [-0.39, 0.29) is 5.62 Å². The van der Waals surface area contributed by atoms with Crippen LogP contribution in [0.1, 0.15) is 11.1 Å². The molecule has 166 valence electrons. The lowest BCUT2D eigenvalue weighted by atomic mass is 10.0. The summed E-state index contributed by atoms with van der Waals surface area (Å²) in [5.74, 6) is 0. The molecule has 5 rings (SSSR count). The van der Waals surface area contributed by atoms with Crippen LogP contribution in [0, 0.1) is 18.3 Å². The number of aromatic nitrogens is 3. The van der Waals surface area contributed by atoms with Crippen LogP contribution in [0.3, 0.4) is 0 Å². The van der Waals surface area contributed by atoms with Gasteiger partial charge in [0.1, 0.15) is 0 Å². The number of imidazole rings is 1. The summed E-state index contributed by atoms with van der Waals surface area (Å²) >= 11 is 6.06. The maximum Gasteiger partial charge on any atom is 0.434 e. The first-order valence-electron chi connectivity index (χ1n) is 10.4. The van der Waals surface area contributed by atoms with Gasteiger partial charge in [-0.15, -0.1) is 4.99 Å². The van der Waals surface area contributed by atoms with E-state index in [2.05, 4.69) is 16.0 Å². The van der Waals surface area contributed by atoms with E-state index in [4.69, 9.17) is 11.6 Å². The smallest absolute Gasteiger partial charge is 0.434 e. The van der Waals surface area contributed by atoms with Gasteiger partial charge in [0.15, 0.2) is 0 Å². The summed E-state index contributed by atoms with van der Waals surface area (Å²) in [5, 5.41) is 20.5. The number of hydrogen-bond acceptors (Lipinski definition) is 3. The minimum absolute atomic E-state index is 0.215. The molecule has 1 amide bonds. The van der Waals surface area contributed by atoms with Gasteiger partial charge >= 0.3 is 6.09 Å². The first-order valence-corrected chi connectivity index (χ1v) is 10.8. The fraction of sp³-hybridized carbons (Fsp3) is 0.0769. The third-order valence-electron chi connectivity index (χ3n) is 5.86. The molecule has 34 heavy (non-hydrogen) atoms. The van der Waals surface area contributed by atoms with Crippen molar-refractivity contribution in [3.63, 3.8) is 0 Å². The van der Waals surface area contributed by atoms with Gasteiger partial charge in [-0.3, -0.25) is 9.55 Å². The second-order valence-electron chi connectivity index (χ2n) is 7.93. The van der Waals surface area contributed by atoms with Crippen LogP contribution in [0.25, 0.3) is 38.8 Å². The van der Waals surface area contributed by atoms with Crippen molar-refractivity contribution in [3.05, 3.63) is 88.6 Å². The molecule has 0 saturated carbocycles. The van der Waals surface area contributed by atoms with Gasteiger partial charge in [-0.2, -0.15) is 5.26 Å². The summed E-state index contributed by atoms with van der Waals surface area (Å²) in [6.07, 6.45) is 0.397. The van der Waals surface area contributed by atoms with Crippen molar-refractivity contribution in [2.45, 2.75) is 6.92 Å². The molecule has 0 atom stereocenters. The number of amides is 1. The number of halogens is 1. The van der Waals surface area contributed by atoms with Gasteiger partial charge in [0.2, 0.25) is 5.62 Å². The summed E-state index contributed by atoms with van der Waals surface area (Å²) < 4.78 is 3.48. The van der Waals surface area contributed by atoms with E-state index >= 15 is 0 Å². The maximum atomic E-state index is 11.6. The molecule has 0 unspecified atom stereocenters. The van der Waals surface area contributed by atoms with Crippen molar-refractivity contribution in [1.82, 2.24) is 14.1 Å². The molecule has 7 nitrogen and oxygen atoms in total. The molecule has 8 heteroatoms. The average Bonchev–Trinajstić information content (AvgIpc) is 3.11. The number of benzene rings is 3. The lowest BCUT2D eigenvalue weighted by molar-refractivity contribution is 0.204. The predicted octanol–water partition coefficient (Wildman–Crippen LogP) is 5.60. The van der Waals surface area contributed by atoms with E-state index in [1.807, 2.05) is 55.5 Å². The highest BCUT2D eigenvalue weighted by molar-refractivity contribution is 6.30. The highest BCUT2D eigenvalue weighted by Crippen LogP contribution is 2.31. The van der Waals surface area contributed by atoms with Gasteiger partial charge in [0.25, 0.3) is 0 Å². The highest BCUT2D eigenvalue weighted by Gasteiger charge is 2.18. The molecule has 0 radical (unpaired) electrons. The van der Waals surface area contributed by atoms with Crippen molar-refractivity contribution in [2.24, 2.45) is 12.0 Å². The Morgan fingerprint density at radius 2 is 1.82 bits per heavy atom. The SMILES string of the molecule is Cc1ccc(C#N)cc1-n1c(=NC(=O)O)n(C)c2cnc3ccc(-c4ccc(Cl)cc4)cc3c21. The first kappa shape index (κ1) is 21.4. The highest BCUT2D eigenvalue weighted by atomic mass is 35.5. The molecule has 0 fully saturated rings. The fourth-order valence-corrected chi connectivity index (χ4v) is 4.31. The Morgan fingerprint density at radius 3 is 2.53 bits per heavy atom. The Morgan fingerprint density at radius 1 is 1.09 bits per heavy atom. The minimum atomic E-state index is -1.31. The molecule has 0 bridgehead atoms. The standard InChI is InChI=1S/C26H18ClN5O2/c1-15-3-4-16(13-28)11-22(15)32-24-20-12-18(17-5-8-19(27)9-6-17)7-10-21(20)29-14-23(24)31(2)25(32)30-26(33)34/h3-12,14H,1-2H3,(H,33,34). The molecule has 0 saturated heterocycles. The number of carboxylic acid groups (broad SMARTS) is 1. The summed E-state index contributed by atoms with van der Waals surface area (Å²) in [5.41, 5.74) is 6.39. The Bertz CT molecular complexity index is 1720. The van der Waals surface area contributed by atoms with Crippen molar-refractivity contribution in [3.8, 4) is 22.9 Å². The summed E-state index contributed by atoms with van der Waals surface area (Å²) in [6, 6.07) is 21.0. The lowest BCUT2D eigenvalue weighted by Gasteiger charge is -2.11. The predicted molar refractivity (Wildman–Crippen MR) is 131 cm³/mol. The van der Waals surface area contributed by atoms with Crippen molar-refractivity contribution in [1.29, 1.82) is 5.26 Å². The van der Waals surface area contributed by atoms with Crippen LogP contribution in [0.15, 0.2) is 71.9 Å². The minimum Gasteiger partial charge on any atom is -0.463 e. The molecular formula is C26H18ClN5O2. The zero-order valence-electron chi connectivity index (χ0n) is 18.3. The Kier molecular flexibility index (Phi) is 5.16. The van der Waals surface area contributed by atoms with Crippen molar-refractivity contribution >= 4 is 39.6 Å². The van der Waals surface area contributed by atoms with Gasteiger partial charge in [0, 0.05) is 17.5 Å².